The van der Waals surface area contributed by atoms with Gasteiger partial charge in [-0.05, 0) is 45.9 Å². The van der Waals surface area contributed by atoms with Crippen LogP contribution in [-0.4, -0.2) is 40.1 Å². The van der Waals surface area contributed by atoms with Gasteiger partial charge in [-0.15, -0.1) is 10.2 Å². The molecule has 2 N–H and O–H groups in total. The van der Waals surface area contributed by atoms with Gasteiger partial charge in [0.1, 0.15) is 28.5 Å². The zero-order valence-corrected chi connectivity index (χ0v) is 15.4. The number of ether oxygens (including phenoxy) is 1. The van der Waals surface area contributed by atoms with Crippen LogP contribution in [0.15, 0.2) is 24.3 Å². The molecule has 6 heteroatoms. The van der Waals surface area contributed by atoms with Gasteiger partial charge in [-0.25, -0.2) is 0 Å². The Morgan fingerprint density at radius 1 is 1.25 bits per heavy atom. The number of aromatic nitrogens is 2. The van der Waals surface area contributed by atoms with Crippen molar-refractivity contribution in [3.8, 4) is 5.75 Å². The van der Waals surface area contributed by atoms with Crippen LogP contribution in [0.1, 0.15) is 36.3 Å². The van der Waals surface area contributed by atoms with Gasteiger partial charge in [-0.1, -0.05) is 29.5 Å². The first-order valence-corrected chi connectivity index (χ1v) is 8.78. The maximum absolute atomic E-state index is 10.1. The Kier molecular flexibility index (Phi) is 6.48. The standard InChI is InChI=1S/C18H25N3O2S/c1-13-20-21-17(24-13)10-9-14-7-5-6-8-16(14)23-12-15(22)11-19-18(2,3)4/h5-10,15,19,22H,11-12H2,1-4H3/b10-9+. The van der Waals surface area contributed by atoms with Crippen LogP contribution in [0, 0.1) is 6.92 Å². The van der Waals surface area contributed by atoms with E-state index in [2.05, 4.69) is 36.3 Å². The molecular formula is C18H25N3O2S. The molecule has 0 bridgehead atoms. The van der Waals surface area contributed by atoms with Crippen LogP contribution in [-0.2, 0) is 0 Å². The second kappa shape index (κ2) is 8.37. The fourth-order valence-corrected chi connectivity index (χ4v) is 2.56. The number of nitrogens with zero attached hydrogens (tertiary/aromatic N) is 2. The van der Waals surface area contributed by atoms with E-state index in [-0.39, 0.29) is 12.1 Å². The molecule has 24 heavy (non-hydrogen) atoms. The molecule has 0 saturated heterocycles. The van der Waals surface area contributed by atoms with Crippen molar-refractivity contribution in [1.82, 2.24) is 15.5 Å². The highest BCUT2D eigenvalue weighted by Crippen LogP contribution is 2.21. The summed E-state index contributed by atoms with van der Waals surface area (Å²) in [7, 11) is 0. The van der Waals surface area contributed by atoms with Gasteiger partial charge in [-0.2, -0.15) is 0 Å². The molecule has 0 radical (unpaired) electrons. The van der Waals surface area contributed by atoms with E-state index < -0.39 is 6.10 Å². The molecule has 1 aromatic carbocycles. The summed E-state index contributed by atoms with van der Waals surface area (Å²) >= 11 is 1.54. The van der Waals surface area contributed by atoms with Gasteiger partial charge in [0.15, 0.2) is 0 Å². The van der Waals surface area contributed by atoms with Gasteiger partial charge in [-0.3, -0.25) is 0 Å². The maximum atomic E-state index is 10.1. The molecule has 1 atom stereocenters. The predicted octanol–water partition coefficient (Wildman–Crippen LogP) is 3.14. The molecule has 1 heterocycles. The van der Waals surface area contributed by atoms with Gasteiger partial charge < -0.3 is 15.2 Å². The monoisotopic (exact) mass is 347 g/mol. The second-order valence-electron chi connectivity index (χ2n) is 6.63. The first kappa shape index (κ1) is 18.6. The van der Waals surface area contributed by atoms with Crippen LogP contribution in [0.25, 0.3) is 12.2 Å². The van der Waals surface area contributed by atoms with Crippen molar-refractivity contribution in [3.05, 3.63) is 39.8 Å². The van der Waals surface area contributed by atoms with Crippen LogP contribution in [0.3, 0.4) is 0 Å². The number of aryl methyl sites for hydroxylation is 1. The van der Waals surface area contributed by atoms with Crippen molar-refractivity contribution in [2.24, 2.45) is 0 Å². The predicted molar refractivity (Wildman–Crippen MR) is 99.3 cm³/mol. The molecule has 5 nitrogen and oxygen atoms in total. The first-order valence-electron chi connectivity index (χ1n) is 7.96. The summed E-state index contributed by atoms with van der Waals surface area (Å²) < 4.78 is 5.78. The second-order valence-corrected chi connectivity index (χ2v) is 7.84. The molecule has 130 valence electrons. The summed E-state index contributed by atoms with van der Waals surface area (Å²) in [4.78, 5) is 0. The smallest absolute Gasteiger partial charge is 0.140 e. The molecule has 0 saturated carbocycles. The van der Waals surface area contributed by atoms with Crippen molar-refractivity contribution in [3.63, 3.8) is 0 Å². The summed E-state index contributed by atoms with van der Waals surface area (Å²) in [5.74, 6) is 0.741. The van der Waals surface area contributed by atoms with Crippen LogP contribution >= 0.6 is 11.3 Å². The first-order chi connectivity index (χ1) is 11.3. The number of β-amino-alcohol motifs (C(OH)–C–C–N with tert-alkyl or cyclic N) is 1. The zero-order valence-electron chi connectivity index (χ0n) is 14.6. The SMILES string of the molecule is Cc1nnc(/C=C/c2ccccc2OCC(O)CNC(C)(C)C)s1. The van der Waals surface area contributed by atoms with Crippen LogP contribution < -0.4 is 10.1 Å². The van der Waals surface area contributed by atoms with Gasteiger partial charge in [0.05, 0.1) is 0 Å². The highest BCUT2D eigenvalue weighted by molar-refractivity contribution is 7.12. The number of aliphatic hydroxyl groups is 1. The van der Waals surface area contributed by atoms with Crippen molar-refractivity contribution >= 4 is 23.5 Å². The van der Waals surface area contributed by atoms with Crippen molar-refractivity contribution < 1.29 is 9.84 Å². The number of aliphatic hydroxyl groups excluding tert-OH is 1. The Morgan fingerprint density at radius 3 is 2.67 bits per heavy atom. The highest BCUT2D eigenvalue weighted by atomic mass is 32.1. The average molecular weight is 347 g/mol. The lowest BCUT2D eigenvalue weighted by molar-refractivity contribution is 0.0999. The molecule has 2 rings (SSSR count). The zero-order chi connectivity index (χ0) is 17.6. The fraction of sp³-hybridized carbons (Fsp3) is 0.444. The summed E-state index contributed by atoms with van der Waals surface area (Å²) in [6, 6.07) is 7.74. The molecular weight excluding hydrogens is 322 g/mol. The fourth-order valence-electron chi connectivity index (χ4n) is 1.96. The quantitative estimate of drug-likeness (QED) is 0.805. The Hall–Kier alpha value is -1.76. The Balaban J connectivity index is 1.95. The van der Waals surface area contributed by atoms with Gasteiger partial charge in [0.25, 0.3) is 0 Å². The molecule has 1 unspecified atom stereocenters. The van der Waals surface area contributed by atoms with Gasteiger partial charge >= 0.3 is 0 Å². The minimum Gasteiger partial charge on any atom is -0.490 e. The summed E-state index contributed by atoms with van der Waals surface area (Å²) in [5.41, 5.74) is 0.919. The normalized spacial score (nSPS) is 13.4. The minimum absolute atomic E-state index is 0.0263. The maximum Gasteiger partial charge on any atom is 0.140 e. The highest BCUT2D eigenvalue weighted by Gasteiger charge is 2.13. The van der Waals surface area contributed by atoms with Crippen molar-refractivity contribution in [1.29, 1.82) is 0 Å². The number of hydrogen-bond donors (Lipinski definition) is 2. The summed E-state index contributed by atoms with van der Waals surface area (Å²) in [5, 5.41) is 23.2. The molecule has 0 aliphatic heterocycles. The number of nitrogens with one attached hydrogen (secondary N) is 1. The lowest BCUT2D eigenvalue weighted by atomic mass is 10.1. The largest absolute Gasteiger partial charge is 0.490 e. The van der Waals surface area contributed by atoms with Crippen LogP contribution in [0.5, 0.6) is 5.75 Å². The Bertz CT molecular complexity index is 677. The third kappa shape index (κ3) is 6.39. The van der Waals surface area contributed by atoms with Gasteiger partial charge in [0.2, 0.25) is 0 Å². The third-order valence-electron chi connectivity index (χ3n) is 3.17. The van der Waals surface area contributed by atoms with Gasteiger partial charge in [0, 0.05) is 17.6 Å². The molecule has 0 aliphatic carbocycles. The molecule has 0 fully saturated rings. The van der Waals surface area contributed by atoms with E-state index in [1.54, 1.807) is 11.3 Å². The van der Waals surface area contributed by atoms with E-state index in [9.17, 15) is 5.11 Å². The number of benzene rings is 1. The number of para-hydroxylation sites is 1. The van der Waals surface area contributed by atoms with E-state index >= 15 is 0 Å². The minimum atomic E-state index is -0.563. The van der Waals surface area contributed by atoms with E-state index in [0.717, 1.165) is 21.3 Å². The number of rotatable bonds is 7. The molecule has 0 aliphatic rings. The lowest BCUT2D eigenvalue weighted by Gasteiger charge is -2.23. The van der Waals surface area contributed by atoms with Crippen LogP contribution in [0.2, 0.25) is 0 Å². The van der Waals surface area contributed by atoms with E-state index in [4.69, 9.17) is 4.74 Å². The average Bonchev–Trinajstić information content (AvgIpc) is 2.94. The van der Waals surface area contributed by atoms with E-state index in [1.165, 1.54) is 0 Å². The third-order valence-corrected chi connectivity index (χ3v) is 3.97. The molecule has 1 aromatic heterocycles. The van der Waals surface area contributed by atoms with Crippen molar-refractivity contribution in [2.45, 2.75) is 39.3 Å². The Morgan fingerprint density at radius 2 is 2.00 bits per heavy atom. The number of hydrogen-bond acceptors (Lipinski definition) is 6. The van der Waals surface area contributed by atoms with Crippen molar-refractivity contribution in [2.75, 3.05) is 13.2 Å². The van der Waals surface area contributed by atoms with E-state index in [0.29, 0.717) is 6.54 Å². The van der Waals surface area contributed by atoms with Crippen LogP contribution in [0.4, 0.5) is 0 Å². The summed E-state index contributed by atoms with van der Waals surface area (Å²) in [6.07, 6.45) is 3.31. The summed E-state index contributed by atoms with van der Waals surface area (Å²) in [6.45, 7) is 8.86. The topological polar surface area (TPSA) is 67.3 Å². The lowest BCUT2D eigenvalue weighted by Crippen LogP contribution is -2.42. The van der Waals surface area contributed by atoms with E-state index in [1.807, 2.05) is 43.3 Å². The molecule has 0 spiro atoms. The Labute approximate surface area is 147 Å². The molecule has 2 aromatic rings. The molecule has 0 amide bonds.